The smallest absolute Gasteiger partial charge is 0.234 e. The Hall–Kier alpha value is -2.96. The lowest BCUT2D eigenvalue weighted by Gasteiger charge is -2.33. The normalized spacial score (nSPS) is 19.5. The van der Waals surface area contributed by atoms with Gasteiger partial charge in [-0.3, -0.25) is 19.4 Å². The molecule has 2 aromatic rings. The predicted octanol–water partition coefficient (Wildman–Crippen LogP) is 2.80. The van der Waals surface area contributed by atoms with Gasteiger partial charge < -0.3 is 10.2 Å². The number of nitrogens with one attached hydrogen (secondary N) is 1. The molecule has 0 spiro atoms. The number of likely N-dealkylation sites (N-methyl/N-ethyl adjacent to an activating group) is 1. The van der Waals surface area contributed by atoms with Crippen molar-refractivity contribution >= 4 is 17.4 Å². The van der Waals surface area contributed by atoms with Crippen LogP contribution in [0.5, 0.6) is 0 Å². The summed E-state index contributed by atoms with van der Waals surface area (Å²) >= 11 is 0. The molecule has 1 fully saturated rings. The first kappa shape index (κ1) is 23.2. The summed E-state index contributed by atoms with van der Waals surface area (Å²) in [6.07, 6.45) is 1.82. The largest absolute Gasteiger partial charge is 0.351 e. The molecule has 6 heteroatoms. The third kappa shape index (κ3) is 5.34. The number of para-hydroxylation sites is 1. The van der Waals surface area contributed by atoms with E-state index in [0.717, 1.165) is 37.4 Å². The van der Waals surface area contributed by atoms with Gasteiger partial charge in [-0.15, -0.1) is 0 Å². The second-order valence-electron chi connectivity index (χ2n) is 9.51. The van der Waals surface area contributed by atoms with Gasteiger partial charge in [-0.05, 0) is 17.2 Å². The SMILES string of the molecule is CN1/C(=C\C(=O)CN2CCN(CC(=O)NCc3ccccc3)CC2)C(C)(C)c2ccccc21. The standard InChI is InChI=1S/C27H34N4O2/c1-27(2)23-11-7-8-12-24(23)29(3)25(27)17-22(32)19-30-13-15-31(16-14-30)20-26(33)28-18-21-9-5-4-6-10-21/h4-12,17H,13-16,18-20H2,1-3H3,(H,28,33)/b25-17-. The maximum atomic E-state index is 12.9. The molecule has 0 atom stereocenters. The summed E-state index contributed by atoms with van der Waals surface area (Å²) in [7, 11) is 2.04. The summed E-state index contributed by atoms with van der Waals surface area (Å²) in [5.74, 6) is 0.172. The van der Waals surface area contributed by atoms with Crippen molar-refractivity contribution in [3.05, 3.63) is 77.5 Å². The molecular formula is C27H34N4O2. The number of rotatable bonds is 7. The van der Waals surface area contributed by atoms with Crippen LogP contribution in [0.4, 0.5) is 5.69 Å². The Morgan fingerprint density at radius 2 is 1.52 bits per heavy atom. The molecule has 2 heterocycles. The Labute approximate surface area is 196 Å². The monoisotopic (exact) mass is 446 g/mol. The summed E-state index contributed by atoms with van der Waals surface area (Å²) in [5, 5.41) is 2.99. The fourth-order valence-electron chi connectivity index (χ4n) is 4.84. The molecule has 4 rings (SSSR count). The highest BCUT2D eigenvalue weighted by molar-refractivity contribution is 5.94. The fraction of sp³-hybridized carbons (Fsp3) is 0.407. The summed E-state index contributed by atoms with van der Waals surface area (Å²) < 4.78 is 0. The van der Waals surface area contributed by atoms with E-state index in [-0.39, 0.29) is 17.1 Å². The minimum atomic E-state index is -0.188. The van der Waals surface area contributed by atoms with Crippen LogP contribution in [-0.2, 0) is 21.5 Å². The van der Waals surface area contributed by atoms with Crippen LogP contribution in [0.25, 0.3) is 0 Å². The van der Waals surface area contributed by atoms with Gasteiger partial charge in [0, 0.05) is 62.6 Å². The number of hydrogen-bond donors (Lipinski definition) is 1. The number of anilines is 1. The quantitative estimate of drug-likeness (QED) is 0.663. The molecule has 0 aliphatic carbocycles. The van der Waals surface area contributed by atoms with Crippen molar-refractivity contribution in [3.8, 4) is 0 Å². The van der Waals surface area contributed by atoms with Gasteiger partial charge in [0.25, 0.3) is 0 Å². The molecule has 0 bridgehead atoms. The van der Waals surface area contributed by atoms with Gasteiger partial charge in [0.15, 0.2) is 5.78 Å². The zero-order valence-electron chi connectivity index (χ0n) is 19.9. The van der Waals surface area contributed by atoms with Gasteiger partial charge in [0.05, 0.1) is 13.1 Å². The summed E-state index contributed by atoms with van der Waals surface area (Å²) in [5.41, 5.74) is 4.38. The number of hydrogen-bond acceptors (Lipinski definition) is 5. The Balaban J connectivity index is 1.25. The number of piperazine rings is 1. The molecule has 1 amide bonds. The van der Waals surface area contributed by atoms with E-state index in [2.05, 4.69) is 52.1 Å². The molecule has 174 valence electrons. The third-order valence-electron chi connectivity index (χ3n) is 6.78. The molecule has 0 saturated carbocycles. The van der Waals surface area contributed by atoms with E-state index < -0.39 is 0 Å². The van der Waals surface area contributed by atoms with Crippen molar-refractivity contribution in [1.82, 2.24) is 15.1 Å². The van der Waals surface area contributed by atoms with Gasteiger partial charge in [0.1, 0.15) is 0 Å². The second-order valence-corrected chi connectivity index (χ2v) is 9.51. The van der Waals surface area contributed by atoms with Crippen molar-refractivity contribution < 1.29 is 9.59 Å². The van der Waals surface area contributed by atoms with Crippen LogP contribution in [0.1, 0.15) is 25.0 Å². The van der Waals surface area contributed by atoms with Crippen LogP contribution >= 0.6 is 0 Å². The molecule has 0 radical (unpaired) electrons. The minimum Gasteiger partial charge on any atom is -0.351 e. The highest BCUT2D eigenvalue weighted by Gasteiger charge is 2.38. The summed E-state index contributed by atoms with van der Waals surface area (Å²) in [6, 6.07) is 18.3. The number of fused-ring (bicyclic) bond motifs is 1. The lowest BCUT2D eigenvalue weighted by molar-refractivity contribution is -0.123. The lowest BCUT2D eigenvalue weighted by atomic mass is 9.83. The van der Waals surface area contributed by atoms with Crippen LogP contribution in [-0.4, -0.2) is 67.8 Å². The average molecular weight is 447 g/mol. The van der Waals surface area contributed by atoms with E-state index in [4.69, 9.17) is 0 Å². The van der Waals surface area contributed by atoms with E-state index in [0.29, 0.717) is 19.6 Å². The van der Waals surface area contributed by atoms with E-state index in [9.17, 15) is 9.59 Å². The number of ketones is 1. The molecule has 2 aliphatic heterocycles. The third-order valence-corrected chi connectivity index (χ3v) is 6.78. The van der Waals surface area contributed by atoms with Crippen molar-refractivity contribution in [3.63, 3.8) is 0 Å². The maximum Gasteiger partial charge on any atom is 0.234 e. The number of carbonyl (C=O) groups excluding carboxylic acids is 2. The van der Waals surface area contributed by atoms with E-state index >= 15 is 0 Å². The molecular weight excluding hydrogens is 412 g/mol. The average Bonchev–Trinajstić information content (AvgIpc) is 3.00. The van der Waals surface area contributed by atoms with Gasteiger partial charge in [-0.25, -0.2) is 0 Å². The molecule has 0 unspecified atom stereocenters. The van der Waals surface area contributed by atoms with Crippen LogP contribution < -0.4 is 10.2 Å². The highest BCUT2D eigenvalue weighted by Crippen LogP contribution is 2.46. The molecule has 1 saturated heterocycles. The molecule has 1 N–H and O–H groups in total. The number of nitrogens with zero attached hydrogens (tertiary/aromatic N) is 3. The lowest BCUT2D eigenvalue weighted by Crippen LogP contribution is -2.50. The maximum absolute atomic E-state index is 12.9. The Kier molecular flexibility index (Phi) is 6.96. The van der Waals surface area contributed by atoms with Gasteiger partial charge in [0.2, 0.25) is 5.91 Å². The fourth-order valence-corrected chi connectivity index (χ4v) is 4.84. The first-order valence-electron chi connectivity index (χ1n) is 11.7. The Morgan fingerprint density at radius 1 is 0.909 bits per heavy atom. The molecule has 2 aromatic carbocycles. The topological polar surface area (TPSA) is 55.9 Å². The van der Waals surface area contributed by atoms with Crippen molar-refractivity contribution in [1.29, 1.82) is 0 Å². The van der Waals surface area contributed by atoms with Crippen molar-refractivity contribution in [2.75, 3.05) is 51.2 Å². The molecule has 2 aliphatic rings. The van der Waals surface area contributed by atoms with E-state index in [1.165, 1.54) is 11.3 Å². The minimum absolute atomic E-state index is 0.0409. The van der Waals surface area contributed by atoms with Crippen LogP contribution in [0.15, 0.2) is 66.4 Å². The molecule has 6 nitrogen and oxygen atoms in total. The van der Waals surface area contributed by atoms with Crippen LogP contribution in [0, 0.1) is 0 Å². The summed E-state index contributed by atoms with van der Waals surface area (Å²) in [6.45, 7) is 8.89. The predicted molar refractivity (Wildman–Crippen MR) is 132 cm³/mol. The first-order chi connectivity index (χ1) is 15.8. The van der Waals surface area contributed by atoms with E-state index in [1.807, 2.05) is 49.5 Å². The Bertz CT molecular complexity index is 1020. The highest BCUT2D eigenvalue weighted by atomic mass is 16.2. The zero-order valence-corrected chi connectivity index (χ0v) is 19.9. The molecule has 0 aromatic heterocycles. The number of carbonyl (C=O) groups is 2. The first-order valence-corrected chi connectivity index (χ1v) is 11.7. The van der Waals surface area contributed by atoms with Gasteiger partial charge in [-0.1, -0.05) is 62.4 Å². The van der Waals surface area contributed by atoms with Gasteiger partial charge >= 0.3 is 0 Å². The van der Waals surface area contributed by atoms with Crippen molar-refractivity contribution in [2.45, 2.75) is 25.8 Å². The number of allylic oxidation sites excluding steroid dienone is 1. The second kappa shape index (κ2) is 9.89. The van der Waals surface area contributed by atoms with E-state index in [1.54, 1.807) is 0 Å². The number of amides is 1. The molecule has 33 heavy (non-hydrogen) atoms. The number of benzene rings is 2. The zero-order chi connectivity index (χ0) is 23.4. The van der Waals surface area contributed by atoms with Gasteiger partial charge in [-0.2, -0.15) is 0 Å². The summed E-state index contributed by atoms with van der Waals surface area (Å²) in [4.78, 5) is 31.7. The van der Waals surface area contributed by atoms with Crippen molar-refractivity contribution in [2.24, 2.45) is 0 Å². The van der Waals surface area contributed by atoms with Crippen LogP contribution in [0.3, 0.4) is 0 Å². The Morgan fingerprint density at radius 3 is 2.18 bits per heavy atom. The van der Waals surface area contributed by atoms with Crippen LogP contribution in [0.2, 0.25) is 0 Å².